The van der Waals surface area contributed by atoms with Gasteiger partial charge in [-0.2, -0.15) is 0 Å². The molecule has 0 radical (unpaired) electrons. The predicted molar refractivity (Wildman–Crippen MR) is 95.9 cm³/mol. The molecule has 1 aromatic heterocycles. The van der Waals surface area contributed by atoms with Crippen molar-refractivity contribution in [2.45, 2.75) is 20.5 Å². The van der Waals surface area contributed by atoms with Crippen LogP contribution in [0.4, 0.5) is 5.69 Å². The van der Waals surface area contributed by atoms with Crippen LogP contribution in [0.15, 0.2) is 45.6 Å². The molecule has 26 heavy (non-hydrogen) atoms. The molecule has 134 valence electrons. The van der Waals surface area contributed by atoms with Gasteiger partial charge in [0.05, 0.1) is 18.1 Å². The second kappa shape index (κ2) is 6.87. The van der Waals surface area contributed by atoms with Crippen molar-refractivity contribution in [3.8, 4) is 11.5 Å². The molecule has 2 aromatic carbocycles. The van der Waals surface area contributed by atoms with E-state index < -0.39 is 10.5 Å². The van der Waals surface area contributed by atoms with E-state index in [1.807, 2.05) is 26.0 Å². The topological polar surface area (TPSA) is 91.8 Å². The minimum absolute atomic E-state index is 0.0916. The molecule has 0 saturated carbocycles. The number of non-ortho nitro benzene ring substituents is 1. The fraction of sp³-hybridized carbons (Fsp3) is 0.211. The maximum Gasteiger partial charge on any atom is 0.336 e. The number of ether oxygens (including phenoxy) is 2. The third-order valence-electron chi connectivity index (χ3n) is 4.19. The van der Waals surface area contributed by atoms with Crippen LogP contribution in [-0.4, -0.2) is 12.0 Å². The molecular formula is C19H17NO6. The Hall–Kier alpha value is -3.35. The molecule has 0 N–H and O–H groups in total. The van der Waals surface area contributed by atoms with Crippen LogP contribution in [0, 0.1) is 24.0 Å². The van der Waals surface area contributed by atoms with Crippen molar-refractivity contribution in [3.05, 3.63) is 73.6 Å². The van der Waals surface area contributed by atoms with Gasteiger partial charge in [-0.15, -0.1) is 0 Å². The van der Waals surface area contributed by atoms with Crippen LogP contribution < -0.4 is 15.1 Å². The maximum absolute atomic E-state index is 11.8. The lowest BCUT2D eigenvalue weighted by molar-refractivity contribution is -0.385. The number of methoxy groups -OCH3 is 1. The summed E-state index contributed by atoms with van der Waals surface area (Å²) < 4.78 is 16.2. The third-order valence-corrected chi connectivity index (χ3v) is 4.19. The van der Waals surface area contributed by atoms with Gasteiger partial charge in [0, 0.05) is 23.1 Å². The summed E-state index contributed by atoms with van der Waals surface area (Å²) in [5.41, 5.74) is 2.70. The predicted octanol–water partition coefficient (Wildman–Crippen LogP) is 3.91. The molecule has 0 aliphatic carbocycles. The first-order valence-electron chi connectivity index (χ1n) is 7.88. The molecule has 0 amide bonds. The van der Waals surface area contributed by atoms with Gasteiger partial charge in [0.25, 0.3) is 5.69 Å². The van der Waals surface area contributed by atoms with E-state index in [0.717, 1.165) is 16.5 Å². The summed E-state index contributed by atoms with van der Waals surface area (Å²) in [5.74, 6) is 0.599. The highest BCUT2D eigenvalue weighted by Gasteiger charge is 2.14. The highest BCUT2D eigenvalue weighted by molar-refractivity contribution is 5.81. The summed E-state index contributed by atoms with van der Waals surface area (Å²) in [5, 5.41) is 11.7. The van der Waals surface area contributed by atoms with Crippen molar-refractivity contribution in [3.63, 3.8) is 0 Å². The zero-order valence-electron chi connectivity index (χ0n) is 14.6. The van der Waals surface area contributed by atoms with E-state index in [2.05, 4.69) is 0 Å². The van der Waals surface area contributed by atoms with Crippen molar-refractivity contribution in [1.29, 1.82) is 0 Å². The van der Waals surface area contributed by atoms with Crippen LogP contribution >= 0.6 is 0 Å². The van der Waals surface area contributed by atoms with Gasteiger partial charge in [-0.1, -0.05) is 0 Å². The lowest BCUT2D eigenvalue weighted by Gasteiger charge is -2.12. The molecule has 0 atom stereocenters. The lowest BCUT2D eigenvalue weighted by Crippen LogP contribution is -2.05. The fourth-order valence-electron chi connectivity index (χ4n) is 2.65. The van der Waals surface area contributed by atoms with Gasteiger partial charge < -0.3 is 13.9 Å². The van der Waals surface area contributed by atoms with Crippen LogP contribution in [0.25, 0.3) is 11.0 Å². The average Bonchev–Trinajstić information content (AvgIpc) is 2.60. The Balaban J connectivity index is 1.96. The van der Waals surface area contributed by atoms with Crippen LogP contribution in [0.3, 0.4) is 0 Å². The van der Waals surface area contributed by atoms with Crippen molar-refractivity contribution in [1.82, 2.24) is 0 Å². The second-order valence-corrected chi connectivity index (χ2v) is 5.90. The van der Waals surface area contributed by atoms with E-state index >= 15 is 0 Å². The Kier molecular flexibility index (Phi) is 4.62. The highest BCUT2D eigenvalue weighted by atomic mass is 16.6. The molecule has 3 aromatic rings. The van der Waals surface area contributed by atoms with Crippen LogP contribution in [-0.2, 0) is 6.61 Å². The Labute approximate surface area is 148 Å². The summed E-state index contributed by atoms with van der Waals surface area (Å²) in [6.45, 7) is 4.02. The van der Waals surface area contributed by atoms with E-state index in [1.165, 1.54) is 31.4 Å². The molecule has 0 bridgehead atoms. The number of nitrogens with zero attached hydrogens (tertiary/aromatic N) is 1. The molecular weight excluding hydrogens is 338 g/mol. The number of aryl methyl sites for hydroxylation is 2. The van der Waals surface area contributed by atoms with E-state index in [4.69, 9.17) is 13.9 Å². The first-order chi connectivity index (χ1) is 12.4. The lowest BCUT2D eigenvalue weighted by atomic mass is 10.0. The number of hydrogen-bond acceptors (Lipinski definition) is 6. The zero-order valence-corrected chi connectivity index (χ0v) is 14.6. The van der Waals surface area contributed by atoms with Crippen LogP contribution in [0.5, 0.6) is 11.5 Å². The maximum atomic E-state index is 11.8. The molecule has 0 unspecified atom stereocenters. The molecule has 0 saturated heterocycles. The van der Waals surface area contributed by atoms with Crippen molar-refractivity contribution >= 4 is 16.7 Å². The molecule has 3 rings (SSSR count). The summed E-state index contributed by atoms with van der Waals surface area (Å²) in [7, 11) is 1.41. The van der Waals surface area contributed by atoms with Crippen molar-refractivity contribution in [2.24, 2.45) is 0 Å². The molecule has 0 spiro atoms. The van der Waals surface area contributed by atoms with Gasteiger partial charge in [-0.05, 0) is 43.2 Å². The molecule has 0 aliphatic rings. The number of fused-ring (bicyclic) bond motifs is 1. The fourth-order valence-corrected chi connectivity index (χ4v) is 2.65. The first-order valence-corrected chi connectivity index (χ1v) is 7.88. The quantitative estimate of drug-likeness (QED) is 0.391. The Bertz CT molecular complexity index is 1050. The SMILES string of the molecule is COc1cc([N+](=O)[O-])ccc1OCc1cc(=O)oc2cc(C)c(C)cc12. The Morgan fingerprint density at radius 1 is 1.08 bits per heavy atom. The van der Waals surface area contributed by atoms with Gasteiger partial charge in [-0.25, -0.2) is 4.79 Å². The number of nitro groups is 1. The van der Waals surface area contributed by atoms with Gasteiger partial charge in [-0.3, -0.25) is 10.1 Å². The van der Waals surface area contributed by atoms with Crippen LogP contribution in [0.1, 0.15) is 16.7 Å². The normalized spacial score (nSPS) is 10.7. The smallest absolute Gasteiger partial charge is 0.336 e. The monoisotopic (exact) mass is 355 g/mol. The summed E-state index contributed by atoms with van der Waals surface area (Å²) in [6.07, 6.45) is 0. The summed E-state index contributed by atoms with van der Waals surface area (Å²) in [6, 6.07) is 9.25. The molecule has 7 heteroatoms. The molecule has 0 fully saturated rings. The first kappa shape index (κ1) is 17.5. The average molecular weight is 355 g/mol. The summed E-state index contributed by atoms with van der Waals surface area (Å²) in [4.78, 5) is 22.2. The second-order valence-electron chi connectivity index (χ2n) is 5.90. The van der Waals surface area contributed by atoms with Crippen molar-refractivity contribution < 1.29 is 18.8 Å². The standard InChI is InChI=1S/C19H17NO6/c1-11-6-15-13(8-19(21)26-17(15)7-12(11)2)10-25-16-5-4-14(20(22)23)9-18(16)24-3/h4-9H,10H2,1-3H3. The van der Waals surface area contributed by atoms with E-state index in [1.54, 1.807) is 0 Å². The number of nitro benzene ring substituents is 1. The van der Waals surface area contributed by atoms with Gasteiger partial charge >= 0.3 is 5.63 Å². The van der Waals surface area contributed by atoms with Crippen molar-refractivity contribution in [2.75, 3.05) is 7.11 Å². The molecule has 1 heterocycles. The van der Waals surface area contributed by atoms with E-state index in [-0.39, 0.29) is 18.0 Å². The van der Waals surface area contributed by atoms with Gasteiger partial charge in [0.15, 0.2) is 11.5 Å². The molecule has 7 nitrogen and oxygen atoms in total. The zero-order chi connectivity index (χ0) is 18.8. The number of benzene rings is 2. The van der Waals surface area contributed by atoms with Gasteiger partial charge in [0.2, 0.25) is 0 Å². The van der Waals surface area contributed by atoms with E-state index in [0.29, 0.717) is 16.9 Å². The number of rotatable bonds is 5. The van der Waals surface area contributed by atoms with Crippen LogP contribution in [0.2, 0.25) is 0 Å². The molecule has 0 aliphatic heterocycles. The Morgan fingerprint density at radius 2 is 1.81 bits per heavy atom. The van der Waals surface area contributed by atoms with E-state index in [9.17, 15) is 14.9 Å². The minimum atomic E-state index is -0.507. The summed E-state index contributed by atoms with van der Waals surface area (Å²) >= 11 is 0. The number of hydrogen-bond donors (Lipinski definition) is 0. The third kappa shape index (κ3) is 3.37. The largest absolute Gasteiger partial charge is 0.493 e. The van der Waals surface area contributed by atoms with Gasteiger partial charge in [0.1, 0.15) is 12.2 Å². The Morgan fingerprint density at radius 3 is 2.50 bits per heavy atom. The minimum Gasteiger partial charge on any atom is -0.493 e. The highest BCUT2D eigenvalue weighted by Crippen LogP contribution is 2.32.